The molecule has 142 valence electrons. The molecule has 3 rings (SSSR count). The van der Waals surface area contributed by atoms with Crippen molar-refractivity contribution in [2.75, 3.05) is 11.8 Å². The van der Waals surface area contributed by atoms with E-state index in [1.54, 1.807) is 30.3 Å². The number of methoxy groups -OCH3 is 1. The van der Waals surface area contributed by atoms with Gasteiger partial charge in [-0.15, -0.1) is 13.2 Å². The molecule has 27 heavy (non-hydrogen) atoms. The fourth-order valence-corrected chi connectivity index (χ4v) is 3.62. The molecule has 1 heterocycles. The summed E-state index contributed by atoms with van der Waals surface area (Å²) in [6.07, 6.45) is -3.65. The Labute approximate surface area is 152 Å². The predicted molar refractivity (Wildman–Crippen MR) is 92.2 cm³/mol. The van der Waals surface area contributed by atoms with Crippen molar-refractivity contribution in [3.63, 3.8) is 0 Å². The van der Waals surface area contributed by atoms with Gasteiger partial charge in [-0.2, -0.15) is 0 Å². The van der Waals surface area contributed by atoms with Gasteiger partial charge in [0.2, 0.25) is 0 Å². The lowest BCUT2D eigenvalue weighted by molar-refractivity contribution is -0.274. The molecule has 1 N–H and O–H groups in total. The Balaban J connectivity index is 1.98. The molecule has 6 nitrogen and oxygen atoms in total. The lowest BCUT2D eigenvalue weighted by atomic mass is 10.2. The van der Waals surface area contributed by atoms with E-state index in [4.69, 9.17) is 4.74 Å². The third kappa shape index (κ3) is 4.40. The summed E-state index contributed by atoms with van der Waals surface area (Å²) in [5.41, 5.74) is 0.816. The third-order valence-corrected chi connectivity index (χ3v) is 4.90. The molecule has 0 radical (unpaired) electrons. The number of rotatable bonds is 5. The van der Waals surface area contributed by atoms with Gasteiger partial charge in [0.25, 0.3) is 10.0 Å². The van der Waals surface area contributed by atoms with Crippen LogP contribution in [0.5, 0.6) is 11.5 Å². The first-order valence-electron chi connectivity index (χ1n) is 7.49. The number of nitrogens with one attached hydrogen (secondary N) is 1. The molecular weight excluding hydrogens is 385 g/mol. The number of ether oxygens (including phenoxy) is 2. The van der Waals surface area contributed by atoms with Gasteiger partial charge in [0.1, 0.15) is 16.4 Å². The van der Waals surface area contributed by atoms with Gasteiger partial charge in [-0.25, -0.2) is 8.42 Å². The van der Waals surface area contributed by atoms with Crippen LogP contribution in [-0.2, 0) is 10.0 Å². The lowest BCUT2D eigenvalue weighted by Crippen LogP contribution is -2.18. The topological polar surface area (TPSA) is 77.5 Å². The molecule has 10 heteroatoms. The summed E-state index contributed by atoms with van der Waals surface area (Å²) in [4.78, 5) is 3.64. The van der Waals surface area contributed by atoms with Crippen LogP contribution in [0.3, 0.4) is 0 Å². The summed E-state index contributed by atoms with van der Waals surface area (Å²) in [6.45, 7) is 0. The fourth-order valence-electron chi connectivity index (χ4n) is 2.40. The molecule has 0 unspecified atom stereocenters. The number of aromatic nitrogens is 1. The van der Waals surface area contributed by atoms with Crippen molar-refractivity contribution in [1.82, 2.24) is 4.98 Å². The SMILES string of the molecule is COc1ccc(OC(F)(F)F)cc1S(=O)(=O)Nc1cnc2ccccc2c1. The van der Waals surface area contributed by atoms with Crippen molar-refractivity contribution < 1.29 is 31.1 Å². The van der Waals surface area contributed by atoms with Crippen LogP contribution in [-0.4, -0.2) is 26.9 Å². The zero-order chi connectivity index (χ0) is 19.7. The molecule has 0 aliphatic carbocycles. The maximum atomic E-state index is 12.7. The molecule has 1 aromatic heterocycles. The van der Waals surface area contributed by atoms with Crippen LogP contribution in [0, 0.1) is 0 Å². The second-order valence-electron chi connectivity index (χ2n) is 5.38. The van der Waals surface area contributed by atoms with E-state index in [2.05, 4.69) is 14.4 Å². The Kier molecular flexibility index (Phi) is 4.83. The van der Waals surface area contributed by atoms with Crippen LogP contribution in [0.1, 0.15) is 0 Å². The largest absolute Gasteiger partial charge is 0.573 e. The Morgan fingerprint density at radius 2 is 1.81 bits per heavy atom. The van der Waals surface area contributed by atoms with E-state index in [9.17, 15) is 21.6 Å². The van der Waals surface area contributed by atoms with E-state index in [1.165, 1.54) is 13.3 Å². The van der Waals surface area contributed by atoms with Gasteiger partial charge in [0, 0.05) is 11.5 Å². The maximum absolute atomic E-state index is 12.7. The minimum atomic E-state index is -4.95. The van der Waals surface area contributed by atoms with Crippen molar-refractivity contribution in [1.29, 1.82) is 0 Å². The number of sulfonamides is 1. The third-order valence-electron chi connectivity index (χ3n) is 3.50. The van der Waals surface area contributed by atoms with Crippen LogP contribution < -0.4 is 14.2 Å². The highest BCUT2D eigenvalue weighted by atomic mass is 32.2. The van der Waals surface area contributed by atoms with Gasteiger partial charge in [-0.3, -0.25) is 9.71 Å². The molecule has 0 bridgehead atoms. The molecule has 0 fully saturated rings. The smallest absolute Gasteiger partial charge is 0.495 e. The molecule has 0 saturated heterocycles. The number of fused-ring (bicyclic) bond motifs is 1. The van der Waals surface area contributed by atoms with E-state index < -0.39 is 27.0 Å². The first-order valence-corrected chi connectivity index (χ1v) is 8.98. The van der Waals surface area contributed by atoms with E-state index >= 15 is 0 Å². The van der Waals surface area contributed by atoms with E-state index in [-0.39, 0.29) is 11.4 Å². The summed E-state index contributed by atoms with van der Waals surface area (Å²) >= 11 is 0. The van der Waals surface area contributed by atoms with Crippen LogP contribution in [0.15, 0.2) is 59.6 Å². The predicted octanol–water partition coefficient (Wildman–Crippen LogP) is 3.94. The Morgan fingerprint density at radius 1 is 1.07 bits per heavy atom. The second-order valence-corrected chi connectivity index (χ2v) is 7.03. The molecule has 3 aromatic rings. The van der Waals surface area contributed by atoms with Gasteiger partial charge in [-0.1, -0.05) is 18.2 Å². The summed E-state index contributed by atoms with van der Waals surface area (Å²) in [7, 11) is -3.06. The first-order chi connectivity index (χ1) is 12.7. The number of alkyl halides is 3. The molecule has 0 atom stereocenters. The van der Waals surface area contributed by atoms with Crippen LogP contribution in [0.2, 0.25) is 0 Å². The van der Waals surface area contributed by atoms with E-state index in [0.29, 0.717) is 10.9 Å². The number of pyridine rings is 1. The number of hydrogen-bond acceptors (Lipinski definition) is 5. The molecule has 0 spiro atoms. The van der Waals surface area contributed by atoms with Crippen LogP contribution in [0.4, 0.5) is 18.9 Å². The zero-order valence-electron chi connectivity index (χ0n) is 13.8. The minimum Gasteiger partial charge on any atom is -0.495 e. The van der Waals surface area contributed by atoms with E-state index in [1.807, 2.05) is 0 Å². The lowest BCUT2D eigenvalue weighted by Gasteiger charge is -2.14. The summed E-state index contributed by atoms with van der Waals surface area (Å²) in [5, 5.41) is 0.693. The monoisotopic (exact) mass is 398 g/mol. The van der Waals surface area contributed by atoms with Crippen LogP contribution in [0.25, 0.3) is 10.9 Å². The average molecular weight is 398 g/mol. The molecule has 2 aromatic carbocycles. The first kappa shape index (κ1) is 18.8. The number of halogens is 3. The highest BCUT2D eigenvalue weighted by Gasteiger charge is 2.32. The highest BCUT2D eigenvalue weighted by molar-refractivity contribution is 7.92. The van der Waals surface area contributed by atoms with Crippen molar-refractivity contribution in [2.24, 2.45) is 0 Å². The van der Waals surface area contributed by atoms with Crippen molar-refractivity contribution in [3.05, 3.63) is 54.7 Å². The second kappa shape index (κ2) is 6.95. The molecule has 0 aliphatic heterocycles. The van der Waals surface area contributed by atoms with Crippen molar-refractivity contribution >= 4 is 26.6 Å². The summed E-state index contributed by atoms with van der Waals surface area (Å²) in [5.74, 6) is -0.814. The van der Waals surface area contributed by atoms with Gasteiger partial charge >= 0.3 is 6.36 Å². The van der Waals surface area contributed by atoms with Crippen molar-refractivity contribution in [3.8, 4) is 11.5 Å². The number of hydrogen-bond donors (Lipinski definition) is 1. The quantitative estimate of drug-likeness (QED) is 0.704. The van der Waals surface area contributed by atoms with Gasteiger partial charge < -0.3 is 9.47 Å². The van der Waals surface area contributed by atoms with Gasteiger partial charge in [0.05, 0.1) is 24.5 Å². The van der Waals surface area contributed by atoms with Gasteiger partial charge in [0.15, 0.2) is 0 Å². The number of anilines is 1. The van der Waals surface area contributed by atoms with E-state index in [0.717, 1.165) is 18.2 Å². The molecule has 0 saturated carbocycles. The standard InChI is InChI=1S/C17H13F3N2O4S/c1-25-15-7-6-13(26-17(18,19)20)9-16(15)27(23,24)22-12-8-11-4-2-3-5-14(11)21-10-12/h2-10,22H,1H3. The number of para-hydroxylation sites is 1. The van der Waals surface area contributed by atoms with Crippen molar-refractivity contribution in [2.45, 2.75) is 11.3 Å². The average Bonchev–Trinajstić information content (AvgIpc) is 2.60. The highest BCUT2D eigenvalue weighted by Crippen LogP contribution is 2.32. The molecule has 0 aliphatic rings. The zero-order valence-corrected chi connectivity index (χ0v) is 14.6. The normalized spacial score (nSPS) is 12.0. The summed E-state index contributed by atoms with van der Waals surface area (Å²) < 4.78 is 73.6. The molecule has 0 amide bonds. The molecular formula is C17H13F3N2O4S. The number of nitrogens with zero attached hydrogens (tertiary/aromatic N) is 1. The fraction of sp³-hybridized carbons (Fsp3) is 0.118. The Hall–Kier alpha value is -3.01. The Morgan fingerprint density at radius 3 is 2.52 bits per heavy atom. The number of benzene rings is 2. The Bertz CT molecular complexity index is 1080. The maximum Gasteiger partial charge on any atom is 0.573 e. The van der Waals surface area contributed by atoms with Gasteiger partial charge in [-0.05, 0) is 24.3 Å². The minimum absolute atomic E-state index is 0.134. The van der Waals surface area contributed by atoms with Crippen LogP contribution >= 0.6 is 0 Å². The summed E-state index contributed by atoms with van der Waals surface area (Å²) in [6, 6.07) is 11.4.